The molecule has 0 aliphatic carbocycles. The van der Waals surface area contributed by atoms with Crippen LogP contribution in [0.15, 0.2) is 54.6 Å². The van der Waals surface area contributed by atoms with Gasteiger partial charge in [0.05, 0.1) is 6.61 Å². The zero-order valence-corrected chi connectivity index (χ0v) is 13.5. The molecular weight excluding hydrogens is 288 g/mol. The first kappa shape index (κ1) is 17.0. The van der Waals surface area contributed by atoms with Crippen molar-refractivity contribution < 1.29 is 9.53 Å². The Morgan fingerprint density at radius 2 is 1.83 bits per heavy atom. The number of hydrogen-bond donors (Lipinski definition) is 2. The molecule has 1 amide bonds. The number of amides is 1. The molecule has 0 aliphatic heterocycles. The molecule has 122 valence electrons. The Morgan fingerprint density at radius 3 is 2.57 bits per heavy atom. The predicted octanol–water partition coefficient (Wildman–Crippen LogP) is 2.97. The van der Waals surface area contributed by atoms with Gasteiger partial charge in [-0.25, -0.2) is 0 Å². The van der Waals surface area contributed by atoms with Gasteiger partial charge in [0, 0.05) is 19.0 Å². The molecule has 2 rings (SSSR count). The Hall–Kier alpha value is -2.33. The van der Waals surface area contributed by atoms with E-state index in [1.807, 2.05) is 61.5 Å². The monoisotopic (exact) mass is 312 g/mol. The molecular formula is C19H24N2O2. The molecule has 4 heteroatoms. The summed E-state index contributed by atoms with van der Waals surface area (Å²) in [5, 5.41) is 2.89. The zero-order valence-electron chi connectivity index (χ0n) is 13.5. The van der Waals surface area contributed by atoms with Crippen LogP contribution >= 0.6 is 0 Å². The van der Waals surface area contributed by atoms with Gasteiger partial charge < -0.3 is 15.8 Å². The minimum absolute atomic E-state index is 0.0303. The van der Waals surface area contributed by atoms with Crippen LogP contribution in [0.4, 0.5) is 0 Å². The minimum atomic E-state index is -0.264. The maximum atomic E-state index is 11.9. The van der Waals surface area contributed by atoms with Gasteiger partial charge >= 0.3 is 0 Å². The number of rotatable bonds is 8. The van der Waals surface area contributed by atoms with Crippen molar-refractivity contribution in [1.29, 1.82) is 0 Å². The summed E-state index contributed by atoms with van der Waals surface area (Å²) in [5.41, 5.74) is 8.13. The number of aryl methyl sites for hydroxylation is 1. The van der Waals surface area contributed by atoms with Crippen LogP contribution < -0.4 is 15.8 Å². The summed E-state index contributed by atoms with van der Waals surface area (Å²) in [4.78, 5) is 11.9. The van der Waals surface area contributed by atoms with Gasteiger partial charge in [-0.1, -0.05) is 48.5 Å². The topological polar surface area (TPSA) is 64.3 Å². The summed E-state index contributed by atoms with van der Waals surface area (Å²) in [6, 6.07) is 17.3. The highest BCUT2D eigenvalue weighted by molar-refractivity contribution is 5.76. The molecule has 4 nitrogen and oxygen atoms in total. The Balaban J connectivity index is 1.63. The molecule has 0 heterocycles. The molecule has 23 heavy (non-hydrogen) atoms. The smallest absolute Gasteiger partial charge is 0.221 e. The number of carbonyl (C=O) groups excluding carboxylic acids is 1. The SMILES string of the molecule is Cc1ccccc1OCCCNC(=O)CC(N)c1ccccc1. The molecule has 1 unspecified atom stereocenters. The van der Waals surface area contributed by atoms with Crippen LogP contribution in [0, 0.1) is 6.92 Å². The van der Waals surface area contributed by atoms with Gasteiger partial charge in [0.2, 0.25) is 5.91 Å². The Labute approximate surface area is 137 Å². The van der Waals surface area contributed by atoms with Gasteiger partial charge in [-0.15, -0.1) is 0 Å². The highest BCUT2D eigenvalue weighted by Crippen LogP contribution is 2.16. The van der Waals surface area contributed by atoms with Crippen LogP contribution in [0.5, 0.6) is 5.75 Å². The lowest BCUT2D eigenvalue weighted by Gasteiger charge is -2.12. The number of carbonyl (C=O) groups is 1. The van der Waals surface area contributed by atoms with E-state index in [1.54, 1.807) is 0 Å². The third kappa shape index (κ3) is 5.75. The fraction of sp³-hybridized carbons (Fsp3) is 0.316. The molecule has 3 N–H and O–H groups in total. The van der Waals surface area contributed by atoms with Crippen LogP contribution in [-0.2, 0) is 4.79 Å². The van der Waals surface area contributed by atoms with Crippen molar-refractivity contribution in [2.24, 2.45) is 5.73 Å². The quantitative estimate of drug-likeness (QED) is 0.737. The first-order valence-corrected chi connectivity index (χ1v) is 7.92. The number of para-hydroxylation sites is 1. The third-order valence-corrected chi connectivity index (χ3v) is 3.63. The van der Waals surface area contributed by atoms with E-state index in [4.69, 9.17) is 10.5 Å². The van der Waals surface area contributed by atoms with Crippen molar-refractivity contribution >= 4 is 5.91 Å². The highest BCUT2D eigenvalue weighted by Gasteiger charge is 2.10. The minimum Gasteiger partial charge on any atom is -0.493 e. The van der Waals surface area contributed by atoms with Gasteiger partial charge in [0.15, 0.2) is 0 Å². The first-order valence-electron chi connectivity index (χ1n) is 7.92. The Kier molecular flexibility index (Phi) is 6.63. The number of benzene rings is 2. The van der Waals surface area contributed by atoms with Crippen molar-refractivity contribution in [3.63, 3.8) is 0 Å². The summed E-state index contributed by atoms with van der Waals surface area (Å²) in [6.45, 7) is 3.18. The molecule has 0 radical (unpaired) electrons. The van der Waals surface area contributed by atoms with E-state index in [0.717, 1.165) is 23.3 Å². The highest BCUT2D eigenvalue weighted by atomic mass is 16.5. The molecule has 0 aliphatic rings. The van der Waals surface area contributed by atoms with Gasteiger partial charge in [0.25, 0.3) is 0 Å². The molecule has 2 aromatic carbocycles. The predicted molar refractivity (Wildman–Crippen MR) is 92.3 cm³/mol. The number of nitrogens with two attached hydrogens (primary N) is 1. The first-order chi connectivity index (χ1) is 11.2. The zero-order chi connectivity index (χ0) is 16.5. The maximum absolute atomic E-state index is 11.9. The Bertz CT molecular complexity index is 614. The third-order valence-electron chi connectivity index (χ3n) is 3.63. The molecule has 0 bridgehead atoms. The molecule has 0 saturated carbocycles. The number of nitrogens with one attached hydrogen (secondary N) is 1. The van der Waals surface area contributed by atoms with E-state index >= 15 is 0 Å². The second kappa shape index (κ2) is 8.96. The van der Waals surface area contributed by atoms with E-state index < -0.39 is 0 Å². The standard InChI is InChI=1S/C19H24N2O2/c1-15-8-5-6-11-18(15)23-13-7-12-21-19(22)14-17(20)16-9-3-2-4-10-16/h2-6,8-11,17H,7,12-14,20H2,1H3,(H,21,22). The molecule has 0 fully saturated rings. The van der Waals surface area contributed by atoms with E-state index in [0.29, 0.717) is 19.6 Å². The van der Waals surface area contributed by atoms with Crippen molar-refractivity contribution in [2.75, 3.05) is 13.2 Å². The van der Waals surface area contributed by atoms with Crippen LogP contribution in [0.2, 0.25) is 0 Å². The molecule has 0 aromatic heterocycles. The normalized spacial score (nSPS) is 11.7. The number of ether oxygens (including phenoxy) is 1. The van der Waals surface area contributed by atoms with E-state index in [9.17, 15) is 4.79 Å². The van der Waals surface area contributed by atoms with Gasteiger partial charge in [-0.2, -0.15) is 0 Å². The van der Waals surface area contributed by atoms with Crippen LogP contribution in [0.3, 0.4) is 0 Å². The second-order valence-electron chi connectivity index (χ2n) is 5.54. The average molecular weight is 312 g/mol. The lowest BCUT2D eigenvalue weighted by atomic mass is 10.0. The van der Waals surface area contributed by atoms with Gasteiger partial charge in [-0.05, 0) is 30.5 Å². The summed E-state index contributed by atoms with van der Waals surface area (Å²) < 4.78 is 5.69. The van der Waals surface area contributed by atoms with Crippen molar-refractivity contribution in [2.45, 2.75) is 25.8 Å². The fourth-order valence-electron chi connectivity index (χ4n) is 2.29. The van der Waals surface area contributed by atoms with E-state index in [-0.39, 0.29) is 11.9 Å². The van der Waals surface area contributed by atoms with Crippen LogP contribution in [0.1, 0.15) is 30.0 Å². The van der Waals surface area contributed by atoms with Crippen LogP contribution in [0.25, 0.3) is 0 Å². The van der Waals surface area contributed by atoms with Gasteiger partial charge in [-0.3, -0.25) is 4.79 Å². The lowest BCUT2D eigenvalue weighted by molar-refractivity contribution is -0.121. The maximum Gasteiger partial charge on any atom is 0.221 e. The molecule has 0 spiro atoms. The fourth-order valence-corrected chi connectivity index (χ4v) is 2.29. The molecule has 0 saturated heterocycles. The Morgan fingerprint density at radius 1 is 1.13 bits per heavy atom. The summed E-state index contributed by atoms with van der Waals surface area (Å²) in [5.74, 6) is 0.863. The molecule has 2 aromatic rings. The largest absolute Gasteiger partial charge is 0.493 e. The summed E-state index contributed by atoms with van der Waals surface area (Å²) >= 11 is 0. The van der Waals surface area contributed by atoms with Crippen LogP contribution in [-0.4, -0.2) is 19.1 Å². The summed E-state index contributed by atoms with van der Waals surface area (Å²) in [7, 11) is 0. The lowest BCUT2D eigenvalue weighted by Crippen LogP contribution is -2.29. The van der Waals surface area contributed by atoms with Crippen molar-refractivity contribution in [3.05, 3.63) is 65.7 Å². The number of hydrogen-bond acceptors (Lipinski definition) is 3. The van der Waals surface area contributed by atoms with Gasteiger partial charge in [0.1, 0.15) is 5.75 Å². The average Bonchev–Trinajstić information content (AvgIpc) is 2.57. The molecule has 1 atom stereocenters. The summed E-state index contributed by atoms with van der Waals surface area (Å²) in [6.07, 6.45) is 1.06. The van der Waals surface area contributed by atoms with Crippen molar-refractivity contribution in [3.8, 4) is 5.75 Å². The van der Waals surface area contributed by atoms with E-state index in [2.05, 4.69) is 5.32 Å². The van der Waals surface area contributed by atoms with E-state index in [1.165, 1.54) is 0 Å². The second-order valence-corrected chi connectivity index (χ2v) is 5.54. The van der Waals surface area contributed by atoms with Crippen molar-refractivity contribution in [1.82, 2.24) is 5.32 Å².